The zero-order valence-electron chi connectivity index (χ0n) is 19.2. The van der Waals surface area contributed by atoms with E-state index >= 15 is 0 Å². The molecule has 1 aliphatic rings. The number of methoxy groups -OCH3 is 1. The molecule has 2 aromatic carbocycles. The van der Waals surface area contributed by atoms with Crippen LogP contribution < -0.4 is 4.74 Å². The lowest BCUT2D eigenvalue weighted by Crippen LogP contribution is -2.14. The number of hydrogen-bond acceptors (Lipinski definition) is 7. The lowest BCUT2D eigenvalue weighted by atomic mass is 10.1. The van der Waals surface area contributed by atoms with Crippen molar-refractivity contribution < 1.29 is 32.9 Å². The molecular weight excluding hydrogens is 441 g/mol. The standard InChI is InChI=1S/C26H26FNO6/c1-26(2)20(15-21(27)24(29)32-13-12-31-3)23(26)25(30)34-22(16-28)17-8-7-11-19(14-17)33-18-9-5-4-6-10-18/h4-11,14-15,20,22-23H,12-13H2,1-3H3/b21-15+/t20-,22+,23-/m0/s1. The van der Waals surface area contributed by atoms with Gasteiger partial charge in [-0.05, 0) is 41.7 Å². The second kappa shape index (κ2) is 10.9. The maximum atomic E-state index is 14.2. The van der Waals surface area contributed by atoms with Gasteiger partial charge in [0.1, 0.15) is 24.2 Å². The number of rotatable bonds is 10. The third kappa shape index (κ3) is 6.00. The molecule has 7 nitrogen and oxygen atoms in total. The Hall–Kier alpha value is -3.70. The largest absolute Gasteiger partial charge is 0.458 e. The van der Waals surface area contributed by atoms with Crippen molar-refractivity contribution in [2.75, 3.05) is 20.3 Å². The summed E-state index contributed by atoms with van der Waals surface area (Å²) in [6.45, 7) is 3.60. The lowest BCUT2D eigenvalue weighted by molar-refractivity contribution is -0.149. The van der Waals surface area contributed by atoms with Crippen LogP contribution in [0.4, 0.5) is 4.39 Å². The smallest absolute Gasteiger partial charge is 0.366 e. The fourth-order valence-electron chi connectivity index (χ4n) is 3.68. The van der Waals surface area contributed by atoms with E-state index in [0.29, 0.717) is 17.1 Å². The highest BCUT2D eigenvalue weighted by Crippen LogP contribution is 2.60. The number of halogens is 1. The molecule has 34 heavy (non-hydrogen) atoms. The molecule has 3 rings (SSSR count). The second-order valence-corrected chi connectivity index (χ2v) is 8.40. The number of nitriles is 1. The van der Waals surface area contributed by atoms with Crippen molar-refractivity contribution in [1.82, 2.24) is 0 Å². The van der Waals surface area contributed by atoms with E-state index in [1.54, 1.807) is 50.2 Å². The first-order valence-corrected chi connectivity index (χ1v) is 10.7. The van der Waals surface area contributed by atoms with Crippen LogP contribution in [0.15, 0.2) is 66.5 Å². The average Bonchev–Trinajstić information content (AvgIpc) is 3.37. The Morgan fingerprint density at radius 3 is 2.50 bits per heavy atom. The van der Waals surface area contributed by atoms with Gasteiger partial charge in [0, 0.05) is 12.7 Å². The molecule has 0 N–H and O–H groups in total. The third-order valence-corrected chi connectivity index (χ3v) is 5.70. The number of carbonyl (C=O) groups is 2. The van der Waals surface area contributed by atoms with E-state index in [-0.39, 0.29) is 13.2 Å². The first-order valence-electron chi connectivity index (χ1n) is 10.7. The molecule has 1 saturated carbocycles. The van der Waals surface area contributed by atoms with Crippen molar-refractivity contribution in [3.05, 3.63) is 72.1 Å². The summed E-state index contributed by atoms with van der Waals surface area (Å²) >= 11 is 0. The Labute approximate surface area is 197 Å². The van der Waals surface area contributed by atoms with E-state index < -0.39 is 41.1 Å². The van der Waals surface area contributed by atoms with E-state index in [0.717, 1.165) is 6.08 Å². The zero-order chi connectivity index (χ0) is 24.7. The predicted molar refractivity (Wildman–Crippen MR) is 120 cm³/mol. The molecule has 0 aromatic heterocycles. The number of carbonyl (C=O) groups excluding carboxylic acids is 2. The third-order valence-electron chi connectivity index (χ3n) is 5.70. The summed E-state index contributed by atoms with van der Waals surface area (Å²) in [5.74, 6) is -2.99. The van der Waals surface area contributed by atoms with Gasteiger partial charge in [-0.1, -0.05) is 44.2 Å². The minimum absolute atomic E-state index is 0.0764. The normalized spacial score (nSPS) is 19.4. The monoisotopic (exact) mass is 467 g/mol. The van der Waals surface area contributed by atoms with Crippen molar-refractivity contribution in [1.29, 1.82) is 5.26 Å². The number of nitrogens with zero attached hydrogens (tertiary/aromatic N) is 1. The summed E-state index contributed by atoms with van der Waals surface area (Å²) in [6.07, 6.45) is -0.0896. The molecule has 0 aliphatic heterocycles. The molecule has 8 heteroatoms. The van der Waals surface area contributed by atoms with E-state index in [1.807, 2.05) is 24.3 Å². The van der Waals surface area contributed by atoms with Gasteiger partial charge in [0.05, 0.1) is 12.5 Å². The molecule has 0 amide bonds. The topological polar surface area (TPSA) is 94.9 Å². The van der Waals surface area contributed by atoms with Gasteiger partial charge < -0.3 is 18.9 Å². The van der Waals surface area contributed by atoms with E-state index in [9.17, 15) is 19.2 Å². The van der Waals surface area contributed by atoms with Gasteiger partial charge in [-0.15, -0.1) is 0 Å². The Bertz CT molecular complexity index is 1090. The van der Waals surface area contributed by atoms with Gasteiger partial charge in [-0.3, -0.25) is 4.79 Å². The van der Waals surface area contributed by atoms with E-state index in [1.165, 1.54) is 7.11 Å². The maximum Gasteiger partial charge on any atom is 0.366 e. The number of para-hydroxylation sites is 1. The van der Waals surface area contributed by atoms with Gasteiger partial charge in [-0.2, -0.15) is 9.65 Å². The molecular formula is C26H26FNO6. The van der Waals surface area contributed by atoms with Gasteiger partial charge in [0.25, 0.3) is 0 Å². The summed E-state index contributed by atoms with van der Waals surface area (Å²) in [5, 5.41) is 9.62. The molecule has 0 radical (unpaired) electrons. The summed E-state index contributed by atoms with van der Waals surface area (Å²) in [5.41, 5.74) is -0.192. The van der Waals surface area contributed by atoms with Crippen LogP contribution in [0.5, 0.6) is 11.5 Å². The SMILES string of the molecule is COCCOC(=O)/C(F)=C\[C@H]1[C@@H](C(=O)O[C@H](C#N)c2cccc(Oc3ccccc3)c2)C1(C)C. The number of ether oxygens (including phenoxy) is 4. The van der Waals surface area contributed by atoms with E-state index in [4.69, 9.17) is 18.9 Å². The fraction of sp³-hybridized carbons (Fsp3) is 0.346. The first kappa shape index (κ1) is 24.9. The molecule has 0 bridgehead atoms. The summed E-state index contributed by atoms with van der Waals surface area (Å²) < 4.78 is 35.0. The van der Waals surface area contributed by atoms with Crippen molar-refractivity contribution in [3.63, 3.8) is 0 Å². The number of hydrogen-bond donors (Lipinski definition) is 0. The second-order valence-electron chi connectivity index (χ2n) is 8.40. The van der Waals surface area contributed by atoms with Crippen LogP contribution in [-0.2, 0) is 23.8 Å². The highest BCUT2D eigenvalue weighted by molar-refractivity contribution is 5.87. The van der Waals surface area contributed by atoms with Crippen LogP contribution in [0.3, 0.4) is 0 Å². The van der Waals surface area contributed by atoms with Crippen LogP contribution >= 0.6 is 0 Å². The van der Waals surface area contributed by atoms with Crippen LogP contribution in [0.1, 0.15) is 25.5 Å². The summed E-state index contributed by atoms with van der Waals surface area (Å²) in [4.78, 5) is 24.6. The highest BCUT2D eigenvalue weighted by atomic mass is 19.1. The van der Waals surface area contributed by atoms with Crippen LogP contribution in [0.25, 0.3) is 0 Å². The minimum Gasteiger partial charge on any atom is -0.458 e. The van der Waals surface area contributed by atoms with Gasteiger partial charge in [0.15, 0.2) is 0 Å². The molecule has 3 atom stereocenters. The van der Waals surface area contributed by atoms with E-state index in [2.05, 4.69) is 0 Å². The van der Waals surface area contributed by atoms with Gasteiger partial charge in [-0.25, -0.2) is 4.79 Å². The van der Waals surface area contributed by atoms with Crippen molar-refractivity contribution in [3.8, 4) is 17.6 Å². The lowest BCUT2D eigenvalue weighted by Gasteiger charge is -2.13. The fourth-order valence-corrected chi connectivity index (χ4v) is 3.68. The molecule has 1 fully saturated rings. The highest BCUT2D eigenvalue weighted by Gasteiger charge is 2.62. The quantitative estimate of drug-likeness (QED) is 0.279. The minimum atomic E-state index is -1.17. The molecule has 2 aromatic rings. The molecule has 0 saturated heterocycles. The molecule has 0 heterocycles. The average molecular weight is 467 g/mol. The number of allylic oxidation sites excluding steroid dienone is 1. The van der Waals surface area contributed by atoms with Crippen LogP contribution in [0, 0.1) is 28.6 Å². The predicted octanol–water partition coefficient (Wildman–Crippen LogP) is 4.90. The van der Waals surface area contributed by atoms with Crippen LogP contribution in [-0.4, -0.2) is 32.3 Å². The first-order chi connectivity index (χ1) is 16.3. The van der Waals surface area contributed by atoms with Crippen molar-refractivity contribution in [2.24, 2.45) is 17.3 Å². The van der Waals surface area contributed by atoms with Crippen LogP contribution in [0.2, 0.25) is 0 Å². The Balaban J connectivity index is 1.66. The molecule has 0 spiro atoms. The van der Waals surface area contributed by atoms with Gasteiger partial charge in [0.2, 0.25) is 11.9 Å². The van der Waals surface area contributed by atoms with Crippen molar-refractivity contribution in [2.45, 2.75) is 20.0 Å². The van der Waals surface area contributed by atoms with Gasteiger partial charge >= 0.3 is 11.9 Å². The number of benzene rings is 2. The Kier molecular flexibility index (Phi) is 8.03. The summed E-state index contributed by atoms with van der Waals surface area (Å²) in [7, 11) is 1.43. The molecule has 1 aliphatic carbocycles. The molecule has 178 valence electrons. The summed E-state index contributed by atoms with van der Waals surface area (Å²) in [6, 6.07) is 17.8. The maximum absolute atomic E-state index is 14.2. The molecule has 0 unspecified atom stereocenters. The zero-order valence-corrected chi connectivity index (χ0v) is 19.2. The Morgan fingerprint density at radius 1 is 1.12 bits per heavy atom. The van der Waals surface area contributed by atoms with Crippen molar-refractivity contribution >= 4 is 11.9 Å². The Morgan fingerprint density at radius 2 is 1.82 bits per heavy atom. The number of esters is 2.